The number of hydrogen-bond donors (Lipinski definition) is 3. The van der Waals surface area contributed by atoms with E-state index in [2.05, 4.69) is 5.32 Å². The van der Waals surface area contributed by atoms with Gasteiger partial charge < -0.3 is 20.4 Å². The predicted molar refractivity (Wildman–Crippen MR) is 90.4 cm³/mol. The van der Waals surface area contributed by atoms with Gasteiger partial charge in [-0.2, -0.15) is 0 Å². The third-order valence-electron chi connectivity index (χ3n) is 3.54. The molecule has 3 N–H and O–H groups in total. The molecule has 24 heavy (non-hydrogen) atoms. The van der Waals surface area contributed by atoms with Crippen molar-refractivity contribution in [3.05, 3.63) is 58.1 Å². The summed E-state index contributed by atoms with van der Waals surface area (Å²) in [6, 6.07) is 9.39. The van der Waals surface area contributed by atoms with Crippen molar-refractivity contribution >= 4 is 23.4 Å². The number of carbonyl (C=O) groups is 2. The Morgan fingerprint density at radius 3 is 2.33 bits per heavy atom. The molecule has 0 atom stereocenters. The highest BCUT2D eigenvalue weighted by atomic mass is 35.5. The van der Waals surface area contributed by atoms with Crippen molar-refractivity contribution in [3.8, 4) is 11.5 Å². The highest BCUT2D eigenvalue weighted by molar-refractivity contribution is 6.34. The summed E-state index contributed by atoms with van der Waals surface area (Å²) in [4.78, 5) is 25.3. The molecular formula is C17H17ClN2O4. The topological polar surface area (TPSA) is 89.9 Å². The highest BCUT2D eigenvalue weighted by Crippen LogP contribution is 2.35. The lowest BCUT2D eigenvalue weighted by atomic mass is 10.1. The van der Waals surface area contributed by atoms with Gasteiger partial charge in [0.15, 0.2) is 5.75 Å². The molecule has 0 aliphatic rings. The molecule has 126 valence electrons. The number of halogens is 1. The van der Waals surface area contributed by atoms with E-state index in [9.17, 15) is 19.8 Å². The van der Waals surface area contributed by atoms with Crippen LogP contribution in [-0.2, 0) is 6.54 Å². The van der Waals surface area contributed by atoms with Crippen LogP contribution in [0.25, 0.3) is 0 Å². The SMILES string of the molecule is CNC(=O)c1ccc(CN(C)C(=O)c2ccc(O)c(Cl)c2O)cc1. The first-order valence-electron chi connectivity index (χ1n) is 7.12. The summed E-state index contributed by atoms with van der Waals surface area (Å²) < 4.78 is 0. The van der Waals surface area contributed by atoms with Crippen LogP contribution in [0.2, 0.25) is 5.02 Å². The molecule has 0 spiro atoms. The number of hydrogen-bond acceptors (Lipinski definition) is 4. The second-order valence-corrected chi connectivity index (χ2v) is 5.61. The molecule has 0 aliphatic carbocycles. The van der Waals surface area contributed by atoms with Gasteiger partial charge in [-0.1, -0.05) is 23.7 Å². The zero-order valence-corrected chi connectivity index (χ0v) is 14.0. The Bertz CT molecular complexity index is 775. The van der Waals surface area contributed by atoms with Crippen LogP contribution >= 0.6 is 11.6 Å². The minimum absolute atomic E-state index is 0.00211. The maximum atomic E-state index is 12.4. The number of aromatic hydroxyl groups is 2. The van der Waals surface area contributed by atoms with Crippen LogP contribution in [0.1, 0.15) is 26.3 Å². The first-order chi connectivity index (χ1) is 11.3. The summed E-state index contributed by atoms with van der Waals surface area (Å²) in [6.07, 6.45) is 0. The Hall–Kier alpha value is -2.73. The molecule has 2 rings (SSSR count). The van der Waals surface area contributed by atoms with E-state index < -0.39 is 11.7 Å². The molecule has 2 aromatic carbocycles. The quantitative estimate of drug-likeness (QED) is 0.791. The largest absolute Gasteiger partial charge is 0.506 e. The van der Waals surface area contributed by atoms with Crippen LogP contribution < -0.4 is 5.32 Å². The van der Waals surface area contributed by atoms with Gasteiger partial charge in [-0.25, -0.2) is 0 Å². The standard InChI is InChI=1S/C17H17ClN2O4/c1-19-16(23)11-5-3-10(4-6-11)9-20(2)17(24)12-7-8-13(21)14(18)15(12)22/h3-8,21-22H,9H2,1-2H3,(H,19,23). The van der Waals surface area contributed by atoms with Gasteiger partial charge in [0, 0.05) is 26.2 Å². The maximum absolute atomic E-state index is 12.4. The number of rotatable bonds is 4. The molecular weight excluding hydrogens is 332 g/mol. The van der Waals surface area contributed by atoms with Gasteiger partial charge in [0.25, 0.3) is 11.8 Å². The molecule has 7 heteroatoms. The van der Waals surface area contributed by atoms with E-state index >= 15 is 0 Å². The lowest BCUT2D eigenvalue weighted by Crippen LogP contribution is -2.26. The fourth-order valence-electron chi connectivity index (χ4n) is 2.18. The summed E-state index contributed by atoms with van der Waals surface area (Å²) in [5.74, 6) is -1.37. The maximum Gasteiger partial charge on any atom is 0.257 e. The first-order valence-corrected chi connectivity index (χ1v) is 7.50. The van der Waals surface area contributed by atoms with E-state index in [4.69, 9.17) is 11.6 Å². The molecule has 0 aliphatic heterocycles. The monoisotopic (exact) mass is 348 g/mol. The fourth-order valence-corrected chi connectivity index (χ4v) is 2.35. The zero-order valence-electron chi connectivity index (χ0n) is 13.2. The van der Waals surface area contributed by atoms with Crippen molar-refractivity contribution in [1.82, 2.24) is 10.2 Å². The normalized spacial score (nSPS) is 10.3. The molecule has 0 saturated heterocycles. The molecule has 0 aromatic heterocycles. The summed E-state index contributed by atoms with van der Waals surface area (Å²) in [5.41, 5.74) is 1.35. The van der Waals surface area contributed by atoms with Crippen molar-refractivity contribution in [2.24, 2.45) is 0 Å². The van der Waals surface area contributed by atoms with Crippen LogP contribution in [0.5, 0.6) is 11.5 Å². The van der Waals surface area contributed by atoms with Gasteiger partial charge in [0.2, 0.25) is 0 Å². The van der Waals surface area contributed by atoms with Crippen molar-refractivity contribution in [2.45, 2.75) is 6.54 Å². The van der Waals surface area contributed by atoms with Crippen molar-refractivity contribution < 1.29 is 19.8 Å². The summed E-state index contributed by atoms with van der Waals surface area (Å²) in [7, 11) is 3.13. The minimum atomic E-state index is -0.455. The van der Waals surface area contributed by atoms with Gasteiger partial charge in [0.05, 0.1) is 5.56 Å². The molecule has 0 radical (unpaired) electrons. The van der Waals surface area contributed by atoms with E-state index in [1.165, 1.54) is 17.0 Å². The van der Waals surface area contributed by atoms with E-state index in [0.717, 1.165) is 5.56 Å². The summed E-state index contributed by atoms with van der Waals surface area (Å²) in [5, 5.41) is 21.6. The van der Waals surface area contributed by atoms with Crippen molar-refractivity contribution in [2.75, 3.05) is 14.1 Å². The number of nitrogens with one attached hydrogen (secondary N) is 1. The molecule has 0 unspecified atom stereocenters. The zero-order chi connectivity index (χ0) is 17.9. The lowest BCUT2D eigenvalue weighted by Gasteiger charge is -2.18. The Labute approximate surface area is 144 Å². The van der Waals surface area contributed by atoms with Crippen molar-refractivity contribution in [1.29, 1.82) is 0 Å². The Kier molecular flexibility index (Phi) is 5.31. The van der Waals surface area contributed by atoms with Gasteiger partial charge >= 0.3 is 0 Å². The number of benzene rings is 2. The lowest BCUT2D eigenvalue weighted by molar-refractivity contribution is 0.0781. The number of phenolic OH excluding ortho intramolecular Hbond substituents is 2. The van der Waals surface area contributed by atoms with Crippen LogP contribution in [0.15, 0.2) is 36.4 Å². The molecule has 0 heterocycles. The van der Waals surface area contributed by atoms with Gasteiger partial charge in [0.1, 0.15) is 10.8 Å². The molecule has 0 saturated carbocycles. The number of amides is 2. The second-order valence-electron chi connectivity index (χ2n) is 5.23. The fraction of sp³-hybridized carbons (Fsp3) is 0.176. The van der Waals surface area contributed by atoms with Crippen LogP contribution in [0.3, 0.4) is 0 Å². The van der Waals surface area contributed by atoms with Crippen LogP contribution in [0, 0.1) is 0 Å². The van der Waals surface area contributed by atoms with Crippen molar-refractivity contribution in [3.63, 3.8) is 0 Å². The number of nitrogens with zero attached hydrogens (tertiary/aromatic N) is 1. The molecule has 0 bridgehead atoms. The Balaban J connectivity index is 2.15. The second kappa shape index (κ2) is 7.23. The average molecular weight is 349 g/mol. The van der Waals surface area contributed by atoms with Crippen LogP contribution in [0.4, 0.5) is 0 Å². The molecule has 2 amide bonds. The van der Waals surface area contributed by atoms with E-state index in [-0.39, 0.29) is 28.8 Å². The van der Waals surface area contributed by atoms with Gasteiger partial charge in [-0.3, -0.25) is 9.59 Å². The number of phenols is 2. The first kappa shape index (κ1) is 17.6. The third kappa shape index (κ3) is 3.60. The molecule has 0 fully saturated rings. The summed E-state index contributed by atoms with van der Waals surface area (Å²) in [6.45, 7) is 0.283. The van der Waals surface area contributed by atoms with E-state index in [1.807, 2.05) is 0 Å². The van der Waals surface area contributed by atoms with Gasteiger partial charge in [-0.15, -0.1) is 0 Å². The van der Waals surface area contributed by atoms with E-state index in [0.29, 0.717) is 5.56 Å². The Morgan fingerprint density at radius 1 is 1.12 bits per heavy atom. The van der Waals surface area contributed by atoms with Crippen LogP contribution in [-0.4, -0.2) is 41.0 Å². The third-order valence-corrected chi connectivity index (χ3v) is 3.91. The molecule has 2 aromatic rings. The Morgan fingerprint density at radius 2 is 1.75 bits per heavy atom. The highest BCUT2D eigenvalue weighted by Gasteiger charge is 2.19. The summed E-state index contributed by atoms with van der Waals surface area (Å²) >= 11 is 5.74. The predicted octanol–water partition coefficient (Wildman–Crippen LogP) is 2.38. The van der Waals surface area contributed by atoms with E-state index in [1.54, 1.807) is 38.4 Å². The van der Waals surface area contributed by atoms with Gasteiger partial charge in [-0.05, 0) is 29.8 Å². The average Bonchev–Trinajstić information content (AvgIpc) is 2.59. The number of carbonyl (C=O) groups excluding carboxylic acids is 2. The smallest absolute Gasteiger partial charge is 0.257 e. The molecule has 6 nitrogen and oxygen atoms in total. The minimum Gasteiger partial charge on any atom is -0.506 e.